The maximum atomic E-state index is 10.7. The van der Waals surface area contributed by atoms with E-state index < -0.39 is 0 Å². The molecule has 0 N–H and O–H groups in total. The van der Waals surface area contributed by atoms with Crippen LogP contribution in [0.4, 0.5) is 0 Å². The second-order valence-electron chi connectivity index (χ2n) is 2.15. The van der Waals surface area contributed by atoms with Gasteiger partial charge in [0.15, 0.2) is 5.78 Å². The Morgan fingerprint density at radius 3 is 2.27 bits per heavy atom. The molecule has 0 aliphatic heterocycles. The highest BCUT2D eigenvalue weighted by Gasteiger charge is 1.97. The van der Waals surface area contributed by atoms with Crippen LogP contribution >= 0.6 is 0 Å². The van der Waals surface area contributed by atoms with Gasteiger partial charge in [-0.3, -0.25) is 4.79 Å². The molecule has 0 atom stereocenters. The van der Waals surface area contributed by atoms with Crippen LogP contribution in [0.3, 0.4) is 0 Å². The summed E-state index contributed by atoms with van der Waals surface area (Å²) in [5.74, 6) is 0.572. The Bertz CT molecular complexity index is 249. The van der Waals surface area contributed by atoms with E-state index in [0.717, 1.165) is 5.75 Å². The summed E-state index contributed by atoms with van der Waals surface area (Å²) in [5.41, 5.74) is 0.603. The van der Waals surface area contributed by atoms with Crippen molar-refractivity contribution in [1.82, 2.24) is 0 Å². The fraction of sp³-hybridized carbons (Fsp3) is 0.111. The van der Waals surface area contributed by atoms with E-state index in [-0.39, 0.29) is 5.78 Å². The lowest BCUT2D eigenvalue weighted by Gasteiger charge is -1.98. The molecule has 1 aromatic carbocycles. The maximum absolute atomic E-state index is 10.7. The first kappa shape index (κ1) is 7.79. The van der Waals surface area contributed by atoms with Crippen LogP contribution < -0.4 is 4.74 Å². The zero-order valence-corrected chi connectivity index (χ0v) is 6.33. The minimum Gasteiger partial charge on any atom is -0.497 e. The van der Waals surface area contributed by atoms with E-state index in [1.807, 2.05) is 0 Å². The SMILES string of the molecule is [CH2]C(=O)c1ccc(OC)cc1. The van der Waals surface area contributed by atoms with Gasteiger partial charge in [0.05, 0.1) is 7.11 Å². The summed E-state index contributed by atoms with van der Waals surface area (Å²) in [6.45, 7) is 3.28. The Morgan fingerprint density at radius 2 is 1.91 bits per heavy atom. The zero-order chi connectivity index (χ0) is 8.27. The Kier molecular flexibility index (Phi) is 2.26. The normalized spacial score (nSPS) is 9.27. The molecule has 1 radical (unpaired) electrons. The Morgan fingerprint density at radius 1 is 1.36 bits per heavy atom. The van der Waals surface area contributed by atoms with Crippen molar-refractivity contribution in [1.29, 1.82) is 0 Å². The molecular formula is C9H9O2. The molecule has 0 spiro atoms. The quantitative estimate of drug-likeness (QED) is 0.598. The highest BCUT2D eigenvalue weighted by molar-refractivity contribution is 5.99. The standard InChI is InChI=1S/C9H9O2/c1-7(10)8-3-5-9(11-2)6-4-8/h3-6H,1H2,2H3. The number of methoxy groups -OCH3 is 1. The van der Waals surface area contributed by atoms with Crippen molar-refractivity contribution in [3.05, 3.63) is 36.8 Å². The Labute approximate surface area is 65.8 Å². The summed E-state index contributed by atoms with van der Waals surface area (Å²) in [4.78, 5) is 10.7. The average Bonchev–Trinajstić information content (AvgIpc) is 2.05. The molecule has 1 rings (SSSR count). The van der Waals surface area contributed by atoms with Crippen LogP contribution in [0.15, 0.2) is 24.3 Å². The fourth-order valence-corrected chi connectivity index (χ4v) is 0.777. The first-order valence-corrected chi connectivity index (χ1v) is 3.24. The first-order chi connectivity index (χ1) is 5.24. The molecule has 2 nitrogen and oxygen atoms in total. The van der Waals surface area contributed by atoms with E-state index in [0.29, 0.717) is 5.56 Å². The van der Waals surface area contributed by atoms with Gasteiger partial charge in [-0.2, -0.15) is 0 Å². The van der Waals surface area contributed by atoms with Gasteiger partial charge in [0, 0.05) is 12.5 Å². The van der Waals surface area contributed by atoms with Crippen LogP contribution in [0.25, 0.3) is 0 Å². The van der Waals surface area contributed by atoms with Gasteiger partial charge in [0.25, 0.3) is 0 Å². The molecule has 0 aliphatic carbocycles. The minimum absolute atomic E-state index is 0.173. The summed E-state index contributed by atoms with van der Waals surface area (Å²) >= 11 is 0. The lowest BCUT2D eigenvalue weighted by molar-refractivity contribution is 0.104. The number of carbonyl (C=O) groups is 1. The Balaban J connectivity index is 2.91. The molecule has 0 bridgehead atoms. The van der Waals surface area contributed by atoms with Crippen LogP contribution in [0.1, 0.15) is 10.4 Å². The third-order valence-electron chi connectivity index (χ3n) is 1.41. The van der Waals surface area contributed by atoms with Crippen molar-refractivity contribution in [2.45, 2.75) is 0 Å². The smallest absolute Gasteiger partial charge is 0.163 e. The molecule has 0 saturated heterocycles. The van der Waals surface area contributed by atoms with Crippen molar-refractivity contribution in [2.24, 2.45) is 0 Å². The summed E-state index contributed by atoms with van der Waals surface area (Å²) in [6, 6.07) is 6.85. The summed E-state index contributed by atoms with van der Waals surface area (Å²) in [7, 11) is 1.58. The van der Waals surface area contributed by atoms with E-state index in [1.54, 1.807) is 31.4 Å². The number of ether oxygens (including phenoxy) is 1. The van der Waals surface area contributed by atoms with E-state index in [9.17, 15) is 4.79 Å². The number of carbonyl (C=O) groups excluding carboxylic acids is 1. The molecule has 11 heavy (non-hydrogen) atoms. The van der Waals surface area contributed by atoms with E-state index in [2.05, 4.69) is 6.92 Å². The van der Waals surface area contributed by atoms with E-state index >= 15 is 0 Å². The highest BCUT2D eigenvalue weighted by atomic mass is 16.5. The van der Waals surface area contributed by atoms with Gasteiger partial charge >= 0.3 is 0 Å². The van der Waals surface area contributed by atoms with E-state index in [1.165, 1.54) is 0 Å². The van der Waals surface area contributed by atoms with Crippen LogP contribution in [-0.2, 0) is 0 Å². The van der Waals surface area contributed by atoms with Crippen LogP contribution in [0, 0.1) is 6.92 Å². The summed E-state index contributed by atoms with van der Waals surface area (Å²) < 4.78 is 4.92. The lowest BCUT2D eigenvalue weighted by Crippen LogP contribution is -1.91. The van der Waals surface area contributed by atoms with Gasteiger partial charge in [-0.05, 0) is 24.3 Å². The number of rotatable bonds is 2. The molecule has 0 saturated carbocycles. The molecule has 2 heteroatoms. The largest absolute Gasteiger partial charge is 0.497 e. The molecular weight excluding hydrogens is 140 g/mol. The number of hydrogen-bond donors (Lipinski definition) is 0. The van der Waals surface area contributed by atoms with Crippen LogP contribution in [-0.4, -0.2) is 12.9 Å². The number of ketones is 1. The second kappa shape index (κ2) is 3.19. The first-order valence-electron chi connectivity index (χ1n) is 3.24. The number of benzene rings is 1. The molecule has 0 unspecified atom stereocenters. The van der Waals surface area contributed by atoms with Crippen molar-refractivity contribution >= 4 is 5.78 Å². The van der Waals surface area contributed by atoms with Crippen molar-refractivity contribution in [3.8, 4) is 5.75 Å². The molecule has 0 fully saturated rings. The van der Waals surface area contributed by atoms with Gasteiger partial charge in [0.1, 0.15) is 5.75 Å². The fourth-order valence-electron chi connectivity index (χ4n) is 0.777. The molecule has 0 aromatic heterocycles. The molecule has 1 aromatic rings. The van der Waals surface area contributed by atoms with Gasteiger partial charge in [-0.1, -0.05) is 0 Å². The molecule has 57 valence electrons. The number of hydrogen-bond acceptors (Lipinski definition) is 2. The summed E-state index contributed by atoms with van der Waals surface area (Å²) in [6.07, 6.45) is 0. The van der Waals surface area contributed by atoms with Gasteiger partial charge in [0.2, 0.25) is 0 Å². The lowest BCUT2D eigenvalue weighted by atomic mass is 10.1. The Hall–Kier alpha value is -1.31. The number of Topliss-reactive ketones (excluding diaryl/α,β-unsaturated/α-hetero) is 1. The molecule has 0 heterocycles. The third-order valence-corrected chi connectivity index (χ3v) is 1.41. The van der Waals surface area contributed by atoms with Crippen molar-refractivity contribution < 1.29 is 9.53 Å². The van der Waals surface area contributed by atoms with Gasteiger partial charge in [-0.15, -0.1) is 0 Å². The van der Waals surface area contributed by atoms with Crippen LogP contribution in [0.5, 0.6) is 5.75 Å². The third kappa shape index (κ3) is 1.80. The predicted molar refractivity (Wildman–Crippen MR) is 42.7 cm³/mol. The topological polar surface area (TPSA) is 26.3 Å². The van der Waals surface area contributed by atoms with Crippen molar-refractivity contribution in [3.63, 3.8) is 0 Å². The van der Waals surface area contributed by atoms with Crippen molar-refractivity contribution in [2.75, 3.05) is 7.11 Å². The summed E-state index contributed by atoms with van der Waals surface area (Å²) in [5, 5.41) is 0. The monoisotopic (exact) mass is 149 g/mol. The molecule has 0 aliphatic rings. The van der Waals surface area contributed by atoms with Gasteiger partial charge in [-0.25, -0.2) is 0 Å². The second-order valence-corrected chi connectivity index (χ2v) is 2.15. The van der Waals surface area contributed by atoms with E-state index in [4.69, 9.17) is 4.74 Å². The highest BCUT2D eigenvalue weighted by Crippen LogP contribution is 2.10. The average molecular weight is 149 g/mol. The minimum atomic E-state index is -0.173. The van der Waals surface area contributed by atoms with Crippen LogP contribution in [0.2, 0.25) is 0 Å². The predicted octanol–water partition coefficient (Wildman–Crippen LogP) is 1.71. The molecule has 0 amide bonds. The van der Waals surface area contributed by atoms with Gasteiger partial charge < -0.3 is 4.74 Å². The zero-order valence-electron chi connectivity index (χ0n) is 6.33. The maximum Gasteiger partial charge on any atom is 0.163 e.